The molecule has 0 unspecified atom stereocenters. The topological polar surface area (TPSA) is 8.17 Å². The van der Waals surface area contributed by atoms with E-state index in [4.69, 9.17) is 0 Å². The zero-order valence-electron chi connectivity index (χ0n) is 35.4. The van der Waals surface area contributed by atoms with Gasteiger partial charge in [-0.15, -0.1) is 11.3 Å². The molecule has 0 saturated heterocycles. The number of fused-ring (bicyclic) bond motifs is 8. The van der Waals surface area contributed by atoms with Crippen LogP contribution in [0.25, 0.3) is 103 Å². The van der Waals surface area contributed by atoms with Gasteiger partial charge in [0, 0.05) is 47.9 Å². The van der Waals surface area contributed by atoms with Gasteiger partial charge in [0.05, 0.1) is 22.4 Å². The molecule has 0 aliphatic carbocycles. The van der Waals surface area contributed by atoms with E-state index in [1.54, 1.807) is 0 Å². The normalized spacial score (nSPS) is 11.7. The molecule has 0 spiro atoms. The van der Waals surface area contributed by atoms with Crippen molar-refractivity contribution in [3.05, 3.63) is 243 Å². The lowest BCUT2D eigenvalue weighted by Gasteiger charge is -2.28. The molecule has 3 heteroatoms. The SMILES string of the molecule is c1ccc(-n2c3ccccc3c3c(N(c4ccc(-c5cccc(-c6ccc7ccccc7c6)c5)cc4)c4ccc(-c5cccc6ccccc56)c5sc6ccccc6c45)cccc32)cc1. The summed E-state index contributed by atoms with van der Waals surface area (Å²) >= 11 is 1.89. The van der Waals surface area contributed by atoms with Crippen LogP contribution in [-0.2, 0) is 0 Å². The number of anilines is 3. The first-order valence-electron chi connectivity index (χ1n) is 22.2. The van der Waals surface area contributed by atoms with Crippen LogP contribution in [0.4, 0.5) is 17.1 Å². The van der Waals surface area contributed by atoms with Gasteiger partial charge in [-0.25, -0.2) is 0 Å². The summed E-state index contributed by atoms with van der Waals surface area (Å²) in [5, 5.41) is 9.95. The second kappa shape index (κ2) is 15.2. The van der Waals surface area contributed by atoms with Crippen LogP contribution < -0.4 is 4.90 Å². The molecule has 0 bridgehead atoms. The summed E-state index contributed by atoms with van der Waals surface area (Å²) in [4.78, 5) is 2.52. The van der Waals surface area contributed by atoms with Gasteiger partial charge >= 0.3 is 0 Å². The summed E-state index contributed by atoms with van der Waals surface area (Å²) < 4.78 is 4.97. The Bertz CT molecular complexity index is 3950. The molecule has 2 heterocycles. The minimum absolute atomic E-state index is 1.10. The van der Waals surface area contributed by atoms with E-state index in [0.717, 1.165) is 22.7 Å². The summed E-state index contributed by atoms with van der Waals surface area (Å²) in [5.74, 6) is 0. The Labute approximate surface area is 381 Å². The predicted octanol–water partition coefficient (Wildman–Crippen LogP) is 17.9. The molecular weight excluding hydrogens is 805 g/mol. The van der Waals surface area contributed by atoms with E-state index in [9.17, 15) is 0 Å². The quantitative estimate of drug-likeness (QED) is 0.155. The van der Waals surface area contributed by atoms with Crippen LogP contribution in [0.3, 0.4) is 0 Å². The molecule has 0 N–H and O–H groups in total. The fourth-order valence-electron chi connectivity index (χ4n) is 10.2. The lowest BCUT2D eigenvalue weighted by Crippen LogP contribution is -2.11. The molecule has 13 aromatic rings. The van der Waals surface area contributed by atoms with Crippen LogP contribution in [-0.4, -0.2) is 4.57 Å². The molecule has 0 radical (unpaired) electrons. The molecule has 2 nitrogen and oxygen atoms in total. The third-order valence-corrected chi connectivity index (χ3v) is 14.4. The molecule has 13 rings (SSSR count). The van der Waals surface area contributed by atoms with E-state index in [0.29, 0.717) is 0 Å². The highest BCUT2D eigenvalue weighted by Gasteiger charge is 2.25. The van der Waals surface area contributed by atoms with Crippen LogP contribution in [0.15, 0.2) is 243 Å². The Morgan fingerprint density at radius 1 is 0.338 bits per heavy atom. The van der Waals surface area contributed by atoms with E-state index in [1.165, 1.54) is 96.9 Å². The Morgan fingerprint density at radius 2 is 0.954 bits per heavy atom. The molecule has 0 amide bonds. The highest BCUT2D eigenvalue weighted by molar-refractivity contribution is 7.26. The number of para-hydroxylation sites is 2. The molecule has 0 fully saturated rings. The van der Waals surface area contributed by atoms with Gasteiger partial charge in [-0.2, -0.15) is 0 Å². The Hall–Kier alpha value is -8.24. The van der Waals surface area contributed by atoms with Crippen molar-refractivity contribution < 1.29 is 0 Å². The fourth-order valence-corrected chi connectivity index (χ4v) is 11.4. The lowest BCUT2D eigenvalue weighted by molar-refractivity contribution is 1.18. The average Bonchev–Trinajstić information content (AvgIpc) is 3.94. The summed E-state index contributed by atoms with van der Waals surface area (Å²) in [6.45, 7) is 0. The summed E-state index contributed by atoms with van der Waals surface area (Å²) in [7, 11) is 0. The van der Waals surface area contributed by atoms with Gasteiger partial charge in [0.25, 0.3) is 0 Å². The minimum Gasteiger partial charge on any atom is -0.309 e. The molecule has 304 valence electrons. The van der Waals surface area contributed by atoms with Crippen LogP contribution >= 0.6 is 11.3 Å². The third-order valence-electron chi connectivity index (χ3n) is 13.2. The van der Waals surface area contributed by atoms with Gasteiger partial charge in [-0.05, 0) is 116 Å². The maximum Gasteiger partial charge on any atom is 0.0562 e. The summed E-state index contributed by atoms with van der Waals surface area (Å²) in [5.41, 5.74) is 14.2. The van der Waals surface area contributed by atoms with Gasteiger partial charge in [0.15, 0.2) is 0 Å². The van der Waals surface area contributed by atoms with Crippen molar-refractivity contribution in [3.8, 4) is 39.1 Å². The van der Waals surface area contributed by atoms with Crippen molar-refractivity contribution in [2.75, 3.05) is 4.90 Å². The highest BCUT2D eigenvalue weighted by atomic mass is 32.1. The predicted molar refractivity (Wildman–Crippen MR) is 280 cm³/mol. The molecule has 0 atom stereocenters. The van der Waals surface area contributed by atoms with Crippen LogP contribution in [0.1, 0.15) is 0 Å². The maximum absolute atomic E-state index is 2.52. The van der Waals surface area contributed by atoms with Crippen molar-refractivity contribution in [1.82, 2.24) is 4.57 Å². The Balaban J connectivity index is 1.05. The number of hydrogen-bond acceptors (Lipinski definition) is 2. The summed E-state index contributed by atoms with van der Waals surface area (Å²) in [6, 6.07) is 89.0. The van der Waals surface area contributed by atoms with E-state index in [-0.39, 0.29) is 0 Å². The third kappa shape index (κ3) is 6.16. The van der Waals surface area contributed by atoms with Crippen molar-refractivity contribution in [1.29, 1.82) is 0 Å². The number of nitrogens with zero attached hydrogens (tertiary/aromatic N) is 2. The molecule has 11 aromatic carbocycles. The van der Waals surface area contributed by atoms with E-state index in [1.807, 2.05) is 11.3 Å². The number of benzene rings is 11. The van der Waals surface area contributed by atoms with E-state index < -0.39 is 0 Å². The Kier molecular flexibility index (Phi) is 8.75. The van der Waals surface area contributed by atoms with Gasteiger partial charge in [-0.1, -0.05) is 176 Å². The monoisotopic (exact) mass is 844 g/mol. The molecule has 0 saturated carbocycles. The molecule has 0 aliphatic rings. The summed E-state index contributed by atoms with van der Waals surface area (Å²) in [6.07, 6.45) is 0. The number of rotatable bonds is 7. The lowest BCUT2D eigenvalue weighted by atomic mass is 9.95. The minimum atomic E-state index is 1.10. The van der Waals surface area contributed by atoms with E-state index in [2.05, 4.69) is 252 Å². The molecular formula is C62H40N2S. The van der Waals surface area contributed by atoms with Crippen molar-refractivity contribution in [2.24, 2.45) is 0 Å². The number of thiophene rings is 1. The van der Waals surface area contributed by atoms with Gasteiger partial charge < -0.3 is 9.47 Å². The van der Waals surface area contributed by atoms with Crippen molar-refractivity contribution in [2.45, 2.75) is 0 Å². The smallest absolute Gasteiger partial charge is 0.0562 e. The highest BCUT2D eigenvalue weighted by Crippen LogP contribution is 2.51. The first-order valence-corrected chi connectivity index (χ1v) is 23.1. The van der Waals surface area contributed by atoms with Gasteiger partial charge in [0.2, 0.25) is 0 Å². The first kappa shape index (κ1) is 37.3. The number of hydrogen-bond donors (Lipinski definition) is 0. The van der Waals surface area contributed by atoms with E-state index >= 15 is 0 Å². The number of aromatic nitrogens is 1. The van der Waals surface area contributed by atoms with Crippen LogP contribution in [0.2, 0.25) is 0 Å². The second-order valence-corrected chi connectivity index (χ2v) is 17.9. The average molecular weight is 845 g/mol. The zero-order valence-corrected chi connectivity index (χ0v) is 36.2. The van der Waals surface area contributed by atoms with Crippen molar-refractivity contribution >= 4 is 91.9 Å². The van der Waals surface area contributed by atoms with Crippen molar-refractivity contribution in [3.63, 3.8) is 0 Å². The van der Waals surface area contributed by atoms with Crippen LogP contribution in [0, 0.1) is 0 Å². The largest absolute Gasteiger partial charge is 0.309 e. The molecule has 2 aromatic heterocycles. The van der Waals surface area contributed by atoms with Gasteiger partial charge in [0.1, 0.15) is 0 Å². The standard InChI is InChI=1S/C62H40N2S/c1-2-21-48(22-3-1)63-55-27-10-8-24-53(55)60-56(63)28-14-29-57(60)64(49-35-33-42(34-36-49)45-19-12-20-46(39-45)47-32-31-41-15-4-5-17-44(41)40-47)58-38-37-52(51-26-13-18-43-16-6-7-23-50(43)51)62-61(58)54-25-9-11-30-59(54)65-62/h1-40H. The van der Waals surface area contributed by atoms with Crippen LogP contribution in [0.5, 0.6) is 0 Å². The zero-order chi connectivity index (χ0) is 42.8. The second-order valence-electron chi connectivity index (χ2n) is 16.8. The van der Waals surface area contributed by atoms with Gasteiger partial charge in [-0.3, -0.25) is 0 Å². The Morgan fingerprint density at radius 3 is 1.82 bits per heavy atom. The molecule has 0 aliphatic heterocycles. The maximum atomic E-state index is 2.52. The fraction of sp³-hybridized carbons (Fsp3) is 0. The molecule has 65 heavy (non-hydrogen) atoms. The first-order chi connectivity index (χ1) is 32.2.